The first-order valence-electron chi connectivity index (χ1n) is 4.85. The zero-order valence-corrected chi connectivity index (χ0v) is 7.93. The number of hydrogen-bond donors (Lipinski definition) is 2. The molecule has 0 unspecified atom stereocenters. The topological polar surface area (TPSA) is 50.4 Å². The molecule has 0 aromatic carbocycles. The van der Waals surface area contributed by atoms with E-state index in [-0.39, 0.29) is 17.5 Å². The fourth-order valence-electron chi connectivity index (χ4n) is 2.07. The normalized spacial score (nSPS) is 33.0. The summed E-state index contributed by atoms with van der Waals surface area (Å²) in [5.41, 5.74) is 0.103. The molecule has 1 atom stereocenters. The van der Waals surface area contributed by atoms with Crippen LogP contribution in [0, 0.1) is 0 Å². The van der Waals surface area contributed by atoms with E-state index in [2.05, 4.69) is 10.6 Å². The SMILES string of the molecule is C[C@@H]1NC2(CCOCC2)CNC1=O. The van der Waals surface area contributed by atoms with Crippen LogP contribution in [0.25, 0.3) is 0 Å². The first kappa shape index (κ1) is 8.97. The van der Waals surface area contributed by atoms with Gasteiger partial charge >= 0.3 is 0 Å². The minimum Gasteiger partial charge on any atom is -0.381 e. The Morgan fingerprint density at radius 1 is 1.46 bits per heavy atom. The second kappa shape index (κ2) is 3.27. The summed E-state index contributed by atoms with van der Waals surface area (Å²) < 4.78 is 5.31. The molecule has 1 spiro atoms. The van der Waals surface area contributed by atoms with Crippen LogP contribution >= 0.6 is 0 Å². The summed E-state index contributed by atoms with van der Waals surface area (Å²) >= 11 is 0. The highest BCUT2D eigenvalue weighted by molar-refractivity contribution is 5.82. The molecule has 4 heteroatoms. The lowest BCUT2D eigenvalue weighted by Crippen LogP contribution is -2.66. The summed E-state index contributed by atoms with van der Waals surface area (Å²) in [5.74, 6) is 0.108. The third-order valence-corrected chi connectivity index (χ3v) is 2.97. The highest BCUT2D eigenvalue weighted by Gasteiger charge is 2.38. The number of carbonyl (C=O) groups excluding carboxylic acids is 1. The van der Waals surface area contributed by atoms with E-state index in [0.717, 1.165) is 32.6 Å². The Balaban J connectivity index is 2.02. The molecule has 1 amide bonds. The fraction of sp³-hybridized carbons (Fsp3) is 0.889. The molecule has 2 aliphatic rings. The third-order valence-electron chi connectivity index (χ3n) is 2.97. The lowest BCUT2D eigenvalue weighted by molar-refractivity contribution is -0.127. The van der Waals surface area contributed by atoms with Gasteiger partial charge in [0.05, 0.1) is 6.04 Å². The smallest absolute Gasteiger partial charge is 0.236 e. The average molecular weight is 184 g/mol. The Kier molecular flexibility index (Phi) is 2.26. The molecule has 2 aliphatic heterocycles. The molecule has 2 rings (SSSR count). The number of piperazine rings is 1. The number of nitrogens with one attached hydrogen (secondary N) is 2. The maximum atomic E-state index is 11.2. The molecule has 0 bridgehead atoms. The summed E-state index contributed by atoms with van der Waals surface area (Å²) in [5, 5.41) is 6.32. The number of carbonyl (C=O) groups is 1. The second-order valence-corrected chi connectivity index (χ2v) is 3.98. The highest BCUT2D eigenvalue weighted by atomic mass is 16.5. The van der Waals surface area contributed by atoms with Crippen molar-refractivity contribution < 1.29 is 9.53 Å². The summed E-state index contributed by atoms with van der Waals surface area (Å²) in [7, 11) is 0. The Morgan fingerprint density at radius 3 is 2.77 bits per heavy atom. The van der Waals surface area contributed by atoms with E-state index in [1.807, 2.05) is 6.92 Å². The fourth-order valence-corrected chi connectivity index (χ4v) is 2.07. The van der Waals surface area contributed by atoms with Crippen molar-refractivity contribution in [3.05, 3.63) is 0 Å². The van der Waals surface area contributed by atoms with Crippen LogP contribution in [0.4, 0.5) is 0 Å². The standard InChI is InChI=1S/C9H16N2O2/c1-7-8(12)10-6-9(11-7)2-4-13-5-3-9/h7,11H,2-6H2,1H3,(H,10,12)/t7-/m0/s1. The first-order chi connectivity index (χ1) is 6.22. The molecule has 0 aliphatic carbocycles. The number of rotatable bonds is 0. The molecule has 2 saturated heterocycles. The van der Waals surface area contributed by atoms with Crippen molar-refractivity contribution in [3.8, 4) is 0 Å². The van der Waals surface area contributed by atoms with Gasteiger partial charge in [-0.2, -0.15) is 0 Å². The van der Waals surface area contributed by atoms with E-state index in [1.165, 1.54) is 0 Å². The van der Waals surface area contributed by atoms with Gasteiger partial charge in [0.1, 0.15) is 0 Å². The molecular weight excluding hydrogens is 168 g/mol. The van der Waals surface area contributed by atoms with Crippen LogP contribution in [0.1, 0.15) is 19.8 Å². The molecule has 0 radical (unpaired) electrons. The van der Waals surface area contributed by atoms with Crippen molar-refractivity contribution in [1.82, 2.24) is 10.6 Å². The molecule has 13 heavy (non-hydrogen) atoms. The molecule has 4 nitrogen and oxygen atoms in total. The molecule has 74 valence electrons. The van der Waals surface area contributed by atoms with Gasteiger partial charge in [-0.05, 0) is 19.8 Å². The van der Waals surface area contributed by atoms with Gasteiger partial charge in [0.25, 0.3) is 0 Å². The lowest BCUT2D eigenvalue weighted by atomic mass is 9.87. The van der Waals surface area contributed by atoms with E-state index in [1.54, 1.807) is 0 Å². The molecule has 0 aromatic heterocycles. The largest absolute Gasteiger partial charge is 0.381 e. The Bertz CT molecular complexity index is 212. The quantitative estimate of drug-likeness (QED) is 0.540. The molecule has 2 heterocycles. The van der Waals surface area contributed by atoms with Gasteiger partial charge in [-0.25, -0.2) is 0 Å². The van der Waals surface area contributed by atoms with Gasteiger partial charge in [0.15, 0.2) is 0 Å². The van der Waals surface area contributed by atoms with E-state index < -0.39 is 0 Å². The number of ether oxygens (including phenoxy) is 1. The van der Waals surface area contributed by atoms with Crippen LogP contribution in [0.2, 0.25) is 0 Å². The van der Waals surface area contributed by atoms with E-state index in [4.69, 9.17) is 4.74 Å². The minimum absolute atomic E-state index is 0.0631. The molecular formula is C9H16N2O2. The minimum atomic E-state index is -0.0631. The second-order valence-electron chi connectivity index (χ2n) is 3.98. The van der Waals surface area contributed by atoms with Crippen molar-refractivity contribution in [1.29, 1.82) is 0 Å². The molecule has 0 aromatic rings. The van der Waals surface area contributed by atoms with E-state index >= 15 is 0 Å². The van der Waals surface area contributed by atoms with Gasteiger partial charge in [0.2, 0.25) is 5.91 Å². The average Bonchev–Trinajstić information content (AvgIpc) is 2.14. The van der Waals surface area contributed by atoms with Crippen molar-refractivity contribution in [3.63, 3.8) is 0 Å². The summed E-state index contributed by atoms with van der Waals surface area (Å²) in [6, 6.07) is -0.0631. The van der Waals surface area contributed by atoms with Crippen LogP contribution in [-0.2, 0) is 9.53 Å². The molecule has 2 N–H and O–H groups in total. The highest BCUT2D eigenvalue weighted by Crippen LogP contribution is 2.22. The zero-order valence-electron chi connectivity index (χ0n) is 7.93. The Hall–Kier alpha value is -0.610. The van der Waals surface area contributed by atoms with Crippen LogP contribution < -0.4 is 10.6 Å². The zero-order chi connectivity index (χ0) is 9.31. The number of amides is 1. The van der Waals surface area contributed by atoms with Crippen LogP contribution in [0.3, 0.4) is 0 Å². The third kappa shape index (κ3) is 1.69. The monoisotopic (exact) mass is 184 g/mol. The maximum absolute atomic E-state index is 11.2. The summed E-state index contributed by atoms with van der Waals surface area (Å²) in [6.45, 7) is 4.26. The summed E-state index contributed by atoms with van der Waals surface area (Å²) in [4.78, 5) is 11.2. The first-order valence-corrected chi connectivity index (χ1v) is 4.85. The number of hydrogen-bond acceptors (Lipinski definition) is 3. The van der Waals surface area contributed by atoms with Crippen molar-refractivity contribution in [2.24, 2.45) is 0 Å². The van der Waals surface area contributed by atoms with Gasteiger partial charge in [-0.3, -0.25) is 10.1 Å². The van der Waals surface area contributed by atoms with Gasteiger partial charge in [-0.15, -0.1) is 0 Å². The molecule has 0 saturated carbocycles. The predicted molar refractivity (Wildman–Crippen MR) is 48.4 cm³/mol. The predicted octanol–water partition coefficient (Wildman–Crippen LogP) is -0.356. The Labute approximate surface area is 78.0 Å². The van der Waals surface area contributed by atoms with E-state index in [9.17, 15) is 4.79 Å². The van der Waals surface area contributed by atoms with Gasteiger partial charge < -0.3 is 10.1 Å². The van der Waals surface area contributed by atoms with Gasteiger partial charge in [0, 0.05) is 25.3 Å². The van der Waals surface area contributed by atoms with E-state index in [0.29, 0.717) is 0 Å². The van der Waals surface area contributed by atoms with Crippen molar-refractivity contribution >= 4 is 5.91 Å². The molecule has 2 fully saturated rings. The Morgan fingerprint density at radius 2 is 2.15 bits per heavy atom. The van der Waals surface area contributed by atoms with Crippen LogP contribution in [0.15, 0.2) is 0 Å². The maximum Gasteiger partial charge on any atom is 0.236 e. The summed E-state index contributed by atoms with van der Waals surface area (Å²) in [6.07, 6.45) is 2.00. The van der Waals surface area contributed by atoms with Gasteiger partial charge in [-0.1, -0.05) is 0 Å². The van der Waals surface area contributed by atoms with Crippen molar-refractivity contribution in [2.75, 3.05) is 19.8 Å². The van der Waals surface area contributed by atoms with Crippen LogP contribution in [0.5, 0.6) is 0 Å². The van der Waals surface area contributed by atoms with Crippen LogP contribution in [-0.4, -0.2) is 37.2 Å². The lowest BCUT2D eigenvalue weighted by Gasteiger charge is -2.43. The van der Waals surface area contributed by atoms with Crippen molar-refractivity contribution in [2.45, 2.75) is 31.3 Å².